The van der Waals surface area contributed by atoms with Crippen molar-refractivity contribution in [3.8, 4) is 11.8 Å². The molecule has 0 radical (unpaired) electrons. The summed E-state index contributed by atoms with van der Waals surface area (Å²) in [6.07, 6.45) is 0. The van der Waals surface area contributed by atoms with Gasteiger partial charge >= 0.3 is 0 Å². The van der Waals surface area contributed by atoms with E-state index in [1.54, 1.807) is 13.2 Å². The van der Waals surface area contributed by atoms with Crippen molar-refractivity contribution < 1.29 is 4.74 Å². The lowest BCUT2D eigenvalue weighted by molar-refractivity contribution is 0.414. The van der Waals surface area contributed by atoms with Crippen LogP contribution < -0.4 is 9.64 Å². The molecule has 0 spiro atoms. The molecule has 0 N–H and O–H groups in total. The van der Waals surface area contributed by atoms with Crippen LogP contribution in [0.1, 0.15) is 6.92 Å². The van der Waals surface area contributed by atoms with Gasteiger partial charge in [0.2, 0.25) is 0 Å². The minimum absolute atomic E-state index is 0.0336. The first-order chi connectivity index (χ1) is 7.58. The Morgan fingerprint density at radius 3 is 2.81 bits per heavy atom. The molecule has 1 aromatic rings. The minimum atomic E-state index is -0.0336. The Labute approximate surface area is 101 Å². The molecule has 1 atom stereocenters. The molecule has 0 saturated carbocycles. The fraction of sp³-hybridized carbons (Fsp3) is 0.417. The molecule has 0 saturated heterocycles. The molecule has 0 amide bonds. The van der Waals surface area contributed by atoms with Gasteiger partial charge in [0.25, 0.3) is 0 Å². The molecule has 0 aliphatic heterocycles. The molecule has 0 aromatic heterocycles. The van der Waals surface area contributed by atoms with Gasteiger partial charge in [0, 0.05) is 18.6 Å². The molecule has 16 heavy (non-hydrogen) atoms. The van der Waals surface area contributed by atoms with Crippen molar-refractivity contribution in [1.82, 2.24) is 0 Å². The smallest absolute Gasteiger partial charge is 0.142 e. The number of anilines is 1. The van der Waals surface area contributed by atoms with Crippen LogP contribution >= 0.6 is 11.6 Å². The third kappa shape index (κ3) is 3.04. The number of rotatable bonds is 4. The van der Waals surface area contributed by atoms with Crippen molar-refractivity contribution >= 4 is 17.3 Å². The van der Waals surface area contributed by atoms with E-state index in [-0.39, 0.29) is 5.92 Å². The fourth-order valence-corrected chi connectivity index (χ4v) is 1.68. The zero-order valence-corrected chi connectivity index (χ0v) is 10.5. The van der Waals surface area contributed by atoms with Crippen LogP contribution in [0.25, 0.3) is 0 Å². The normalized spacial score (nSPS) is 11.7. The summed E-state index contributed by atoms with van der Waals surface area (Å²) in [6.45, 7) is 2.53. The second-order valence-electron chi connectivity index (χ2n) is 3.73. The number of ether oxygens (including phenoxy) is 1. The van der Waals surface area contributed by atoms with Crippen molar-refractivity contribution in [2.24, 2.45) is 5.92 Å². The summed E-state index contributed by atoms with van der Waals surface area (Å²) < 4.78 is 5.25. The predicted octanol–water partition coefficient (Wildman–Crippen LogP) is 2.94. The van der Waals surface area contributed by atoms with E-state index >= 15 is 0 Å². The SMILES string of the molecule is COc1ccc(Cl)cc1N(C)CC(C)C#N. The highest BCUT2D eigenvalue weighted by Crippen LogP contribution is 2.30. The van der Waals surface area contributed by atoms with Crippen LogP contribution in [0.4, 0.5) is 5.69 Å². The van der Waals surface area contributed by atoms with Crippen LogP contribution in [0.15, 0.2) is 18.2 Å². The molecule has 0 bridgehead atoms. The third-order valence-corrected chi connectivity index (χ3v) is 2.56. The number of hydrogen-bond donors (Lipinski definition) is 0. The Morgan fingerprint density at radius 1 is 1.56 bits per heavy atom. The first-order valence-corrected chi connectivity index (χ1v) is 5.40. The van der Waals surface area contributed by atoms with Crippen LogP contribution in [0.2, 0.25) is 5.02 Å². The van der Waals surface area contributed by atoms with Gasteiger partial charge in [-0.25, -0.2) is 0 Å². The largest absolute Gasteiger partial charge is 0.495 e. The Hall–Kier alpha value is -1.40. The summed E-state index contributed by atoms with van der Waals surface area (Å²) in [5.41, 5.74) is 0.900. The number of nitrogens with zero attached hydrogens (tertiary/aromatic N) is 2. The van der Waals surface area contributed by atoms with E-state index in [4.69, 9.17) is 21.6 Å². The molecule has 0 fully saturated rings. The fourth-order valence-electron chi connectivity index (χ4n) is 1.51. The second-order valence-corrected chi connectivity index (χ2v) is 4.16. The zero-order valence-electron chi connectivity index (χ0n) is 9.70. The molecule has 1 aromatic carbocycles. The van der Waals surface area contributed by atoms with Gasteiger partial charge in [-0.1, -0.05) is 11.6 Å². The third-order valence-electron chi connectivity index (χ3n) is 2.32. The van der Waals surface area contributed by atoms with Gasteiger partial charge in [-0.15, -0.1) is 0 Å². The molecule has 4 heteroatoms. The molecule has 0 heterocycles. The Balaban J connectivity index is 2.93. The first-order valence-electron chi connectivity index (χ1n) is 5.02. The molecular weight excluding hydrogens is 224 g/mol. The van der Waals surface area contributed by atoms with Gasteiger partial charge < -0.3 is 9.64 Å². The van der Waals surface area contributed by atoms with E-state index in [0.29, 0.717) is 11.6 Å². The van der Waals surface area contributed by atoms with Crippen molar-refractivity contribution in [1.29, 1.82) is 5.26 Å². The molecule has 0 aliphatic carbocycles. The van der Waals surface area contributed by atoms with E-state index in [0.717, 1.165) is 11.4 Å². The van der Waals surface area contributed by atoms with Gasteiger partial charge in [0.15, 0.2) is 0 Å². The number of hydrogen-bond acceptors (Lipinski definition) is 3. The lowest BCUT2D eigenvalue weighted by atomic mass is 10.2. The monoisotopic (exact) mass is 238 g/mol. The number of methoxy groups -OCH3 is 1. The van der Waals surface area contributed by atoms with E-state index in [1.807, 2.05) is 31.0 Å². The molecule has 86 valence electrons. The van der Waals surface area contributed by atoms with Gasteiger partial charge in [-0.2, -0.15) is 5.26 Å². The van der Waals surface area contributed by atoms with Gasteiger partial charge in [0.1, 0.15) is 5.75 Å². The van der Waals surface area contributed by atoms with Gasteiger partial charge in [0.05, 0.1) is 24.8 Å². The highest BCUT2D eigenvalue weighted by Gasteiger charge is 2.11. The Bertz CT molecular complexity index is 400. The maximum absolute atomic E-state index is 8.78. The van der Waals surface area contributed by atoms with Crippen molar-refractivity contribution in [3.05, 3.63) is 23.2 Å². The highest BCUT2D eigenvalue weighted by molar-refractivity contribution is 6.30. The van der Waals surface area contributed by atoms with Crippen LogP contribution in [0, 0.1) is 17.2 Å². The van der Waals surface area contributed by atoms with E-state index < -0.39 is 0 Å². The summed E-state index contributed by atoms with van der Waals surface area (Å²) in [7, 11) is 3.54. The van der Waals surface area contributed by atoms with Crippen molar-refractivity contribution in [3.63, 3.8) is 0 Å². The van der Waals surface area contributed by atoms with Gasteiger partial charge in [-0.3, -0.25) is 0 Å². The second kappa shape index (κ2) is 5.62. The van der Waals surface area contributed by atoms with E-state index in [1.165, 1.54) is 0 Å². The average molecular weight is 239 g/mol. The lowest BCUT2D eigenvalue weighted by Crippen LogP contribution is -2.23. The van der Waals surface area contributed by atoms with Crippen molar-refractivity contribution in [2.75, 3.05) is 25.6 Å². The number of nitriles is 1. The van der Waals surface area contributed by atoms with Crippen LogP contribution in [0.5, 0.6) is 5.75 Å². The van der Waals surface area contributed by atoms with E-state index in [2.05, 4.69) is 6.07 Å². The molecule has 1 rings (SSSR count). The molecule has 3 nitrogen and oxygen atoms in total. The van der Waals surface area contributed by atoms with Crippen molar-refractivity contribution in [2.45, 2.75) is 6.92 Å². The minimum Gasteiger partial charge on any atom is -0.495 e. The summed E-state index contributed by atoms with van der Waals surface area (Å²) >= 11 is 5.94. The van der Waals surface area contributed by atoms with Gasteiger partial charge in [-0.05, 0) is 25.1 Å². The topological polar surface area (TPSA) is 36.3 Å². The van der Waals surface area contributed by atoms with Crippen LogP contribution in [-0.4, -0.2) is 20.7 Å². The summed E-state index contributed by atoms with van der Waals surface area (Å²) in [6, 6.07) is 7.65. The Kier molecular flexibility index (Phi) is 4.45. The molecular formula is C12H15ClN2O. The average Bonchev–Trinajstić information content (AvgIpc) is 2.28. The summed E-state index contributed by atoms with van der Waals surface area (Å²) in [4.78, 5) is 1.97. The Morgan fingerprint density at radius 2 is 2.25 bits per heavy atom. The highest BCUT2D eigenvalue weighted by atomic mass is 35.5. The first kappa shape index (κ1) is 12.7. The zero-order chi connectivity index (χ0) is 12.1. The number of benzene rings is 1. The maximum atomic E-state index is 8.78. The standard InChI is InChI=1S/C12H15ClN2O/c1-9(7-14)8-15(2)11-6-10(13)4-5-12(11)16-3/h4-6,9H,8H2,1-3H3. The molecule has 0 aliphatic rings. The van der Waals surface area contributed by atoms with Crippen LogP contribution in [-0.2, 0) is 0 Å². The lowest BCUT2D eigenvalue weighted by Gasteiger charge is -2.22. The van der Waals surface area contributed by atoms with Crippen LogP contribution in [0.3, 0.4) is 0 Å². The summed E-state index contributed by atoms with van der Waals surface area (Å²) in [5, 5.41) is 9.44. The predicted molar refractivity (Wildman–Crippen MR) is 66.1 cm³/mol. The van der Waals surface area contributed by atoms with E-state index in [9.17, 15) is 0 Å². The summed E-state index contributed by atoms with van der Waals surface area (Å²) in [5.74, 6) is 0.728. The quantitative estimate of drug-likeness (QED) is 0.809. The number of halogens is 1. The maximum Gasteiger partial charge on any atom is 0.142 e. The molecule has 1 unspecified atom stereocenters.